The molecule has 5 heteroatoms. The molecule has 0 radical (unpaired) electrons. The van der Waals surface area contributed by atoms with Crippen LogP contribution in [0.25, 0.3) is 0 Å². The molecule has 1 atom stereocenters. The molecule has 3 rings (SSSR count). The summed E-state index contributed by atoms with van der Waals surface area (Å²) in [6.07, 6.45) is 4.28. The van der Waals surface area contributed by atoms with Crippen LogP contribution in [0, 0.1) is 0 Å². The van der Waals surface area contributed by atoms with Gasteiger partial charge in [-0.15, -0.1) is 0 Å². The van der Waals surface area contributed by atoms with Crippen LogP contribution in [0.15, 0.2) is 30.3 Å². The van der Waals surface area contributed by atoms with Crippen molar-refractivity contribution >= 4 is 11.8 Å². The molecular weight excluding hydrogens is 302 g/mol. The fraction of sp³-hybridized carbons (Fsp3) is 0.579. The SMILES string of the molecule is O=C(Cc1ccccc1)NCCC(=O)N1CCCN2CCC[C@H]2C1. The van der Waals surface area contributed by atoms with Gasteiger partial charge in [-0.2, -0.15) is 0 Å². The summed E-state index contributed by atoms with van der Waals surface area (Å²) in [6.45, 7) is 4.43. The average Bonchev–Trinajstić information content (AvgIpc) is 2.92. The molecule has 1 N–H and O–H groups in total. The number of fused-ring (bicyclic) bond motifs is 1. The molecule has 130 valence electrons. The van der Waals surface area contributed by atoms with Gasteiger partial charge in [0.05, 0.1) is 6.42 Å². The highest BCUT2D eigenvalue weighted by molar-refractivity contribution is 5.80. The van der Waals surface area contributed by atoms with Crippen LogP contribution in [-0.2, 0) is 16.0 Å². The lowest BCUT2D eigenvalue weighted by Gasteiger charge is -2.25. The lowest BCUT2D eigenvalue weighted by atomic mass is 10.1. The van der Waals surface area contributed by atoms with Gasteiger partial charge in [0.15, 0.2) is 0 Å². The number of carbonyl (C=O) groups is 2. The Hall–Kier alpha value is -1.88. The highest BCUT2D eigenvalue weighted by atomic mass is 16.2. The molecule has 0 aliphatic carbocycles. The fourth-order valence-electron chi connectivity index (χ4n) is 3.74. The molecule has 2 aliphatic heterocycles. The van der Waals surface area contributed by atoms with E-state index in [4.69, 9.17) is 0 Å². The maximum atomic E-state index is 12.4. The molecule has 0 unspecified atom stereocenters. The predicted molar refractivity (Wildman–Crippen MR) is 93.6 cm³/mol. The monoisotopic (exact) mass is 329 g/mol. The number of carbonyl (C=O) groups excluding carboxylic acids is 2. The lowest BCUT2D eigenvalue weighted by Crippen LogP contribution is -2.40. The van der Waals surface area contributed by atoms with Crippen molar-refractivity contribution in [2.45, 2.75) is 38.1 Å². The van der Waals surface area contributed by atoms with E-state index in [1.807, 2.05) is 35.2 Å². The van der Waals surface area contributed by atoms with Crippen LogP contribution < -0.4 is 5.32 Å². The van der Waals surface area contributed by atoms with E-state index < -0.39 is 0 Å². The molecule has 0 aromatic heterocycles. The third-order valence-corrected chi connectivity index (χ3v) is 5.02. The summed E-state index contributed by atoms with van der Waals surface area (Å²) < 4.78 is 0. The molecule has 5 nitrogen and oxygen atoms in total. The summed E-state index contributed by atoms with van der Waals surface area (Å²) in [5.41, 5.74) is 0.996. The van der Waals surface area contributed by atoms with Gasteiger partial charge in [-0.05, 0) is 31.4 Å². The van der Waals surface area contributed by atoms with Crippen molar-refractivity contribution in [2.75, 3.05) is 32.7 Å². The van der Waals surface area contributed by atoms with Crippen molar-refractivity contribution in [1.82, 2.24) is 15.1 Å². The van der Waals surface area contributed by atoms with Gasteiger partial charge in [-0.25, -0.2) is 0 Å². The fourth-order valence-corrected chi connectivity index (χ4v) is 3.74. The van der Waals surface area contributed by atoms with E-state index in [0.717, 1.165) is 31.6 Å². The maximum Gasteiger partial charge on any atom is 0.224 e. The lowest BCUT2D eigenvalue weighted by molar-refractivity contribution is -0.131. The third kappa shape index (κ3) is 4.57. The minimum atomic E-state index is -0.0214. The van der Waals surface area contributed by atoms with Gasteiger partial charge in [-0.3, -0.25) is 14.5 Å². The Kier molecular flexibility index (Phi) is 5.86. The van der Waals surface area contributed by atoms with Crippen LogP contribution in [0.3, 0.4) is 0 Å². The second-order valence-electron chi connectivity index (χ2n) is 6.79. The van der Waals surface area contributed by atoms with E-state index in [2.05, 4.69) is 10.2 Å². The standard InChI is InChI=1S/C19H27N3O2/c23-18(14-16-6-2-1-3-7-16)20-10-9-19(24)22-13-5-12-21-11-4-8-17(21)15-22/h1-3,6-7,17H,4-5,8-15H2,(H,20,23)/t17-/m0/s1. The molecule has 2 fully saturated rings. The topological polar surface area (TPSA) is 52.7 Å². The van der Waals surface area contributed by atoms with Crippen molar-refractivity contribution in [3.63, 3.8) is 0 Å². The first-order chi connectivity index (χ1) is 11.7. The molecule has 0 bridgehead atoms. The van der Waals surface area contributed by atoms with Gasteiger partial charge in [0.2, 0.25) is 11.8 Å². The van der Waals surface area contributed by atoms with Gasteiger partial charge in [0, 0.05) is 38.6 Å². The van der Waals surface area contributed by atoms with Crippen molar-refractivity contribution < 1.29 is 9.59 Å². The Bertz CT molecular complexity index is 561. The van der Waals surface area contributed by atoms with E-state index >= 15 is 0 Å². The summed E-state index contributed by atoms with van der Waals surface area (Å²) in [4.78, 5) is 28.9. The zero-order valence-corrected chi connectivity index (χ0v) is 14.2. The Morgan fingerprint density at radius 1 is 1.08 bits per heavy atom. The van der Waals surface area contributed by atoms with E-state index in [1.165, 1.54) is 19.4 Å². The average molecular weight is 329 g/mol. The van der Waals surface area contributed by atoms with Gasteiger partial charge in [0.25, 0.3) is 0 Å². The zero-order valence-electron chi connectivity index (χ0n) is 14.2. The normalized spacial score (nSPS) is 21.2. The van der Waals surface area contributed by atoms with Crippen LogP contribution in [0.5, 0.6) is 0 Å². The second-order valence-corrected chi connectivity index (χ2v) is 6.79. The van der Waals surface area contributed by atoms with Crippen molar-refractivity contribution in [3.05, 3.63) is 35.9 Å². The molecule has 2 aliphatic rings. The molecule has 2 heterocycles. The minimum absolute atomic E-state index is 0.0214. The van der Waals surface area contributed by atoms with Crippen LogP contribution >= 0.6 is 0 Å². The van der Waals surface area contributed by atoms with E-state index in [-0.39, 0.29) is 11.8 Å². The molecule has 0 spiro atoms. The molecule has 24 heavy (non-hydrogen) atoms. The van der Waals surface area contributed by atoms with Gasteiger partial charge < -0.3 is 10.2 Å². The Morgan fingerprint density at radius 3 is 2.71 bits per heavy atom. The first kappa shape index (κ1) is 17.0. The first-order valence-corrected chi connectivity index (χ1v) is 9.05. The summed E-state index contributed by atoms with van der Waals surface area (Å²) >= 11 is 0. The van der Waals surface area contributed by atoms with Crippen LogP contribution in [0.2, 0.25) is 0 Å². The number of rotatable bonds is 5. The van der Waals surface area contributed by atoms with E-state index in [0.29, 0.717) is 25.4 Å². The van der Waals surface area contributed by atoms with Gasteiger partial charge in [-0.1, -0.05) is 30.3 Å². The Morgan fingerprint density at radius 2 is 1.88 bits per heavy atom. The van der Waals surface area contributed by atoms with Crippen molar-refractivity contribution in [3.8, 4) is 0 Å². The molecule has 1 aromatic rings. The van der Waals surface area contributed by atoms with E-state index in [9.17, 15) is 9.59 Å². The number of amides is 2. The number of nitrogens with zero attached hydrogens (tertiary/aromatic N) is 2. The Balaban J connectivity index is 1.39. The number of nitrogens with one attached hydrogen (secondary N) is 1. The molecule has 1 aromatic carbocycles. The largest absolute Gasteiger partial charge is 0.355 e. The first-order valence-electron chi connectivity index (χ1n) is 9.05. The number of hydrogen-bond acceptors (Lipinski definition) is 3. The third-order valence-electron chi connectivity index (χ3n) is 5.02. The van der Waals surface area contributed by atoms with Crippen molar-refractivity contribution in [1.29, 1.82) is 0 Å². The zero-order chi connectivity index (χ0) is 16.8. The molecule has 2 amide bonds. The summed E-state index contributed by atoms with van der Waals surface area (Å²) in [5, 5.41) is 2.87. The summed E-state index contributed by atoms with van der Waals surface area (Å²) in [6, 6.07) is 10.2. The van der Waals surface area contributed by atoms with E-state index in [1.54, 1.807) is 0 Å². The van der Waals surface area contributed by atoms with Crippen LogP contribution in [-0.4, -0.2) is 60.4 Å². The Labute approximate surface area is 144 Å². The molecular formula is C19H27N3O2. The van der Waals surface area contributed by atoms with Crippen LogP contribution in [0.1, 0.15) is 31.2 Å². The predicted octanol–water partition coefficient (Wildman–Crippen LogP) is 1.43. The summed E-state index contributed by atoms with van der Waals surface area (Å²) in [5.74, 6) is 0.149. The maximum absolute atomic E-state index is 12.4. The minimum Gasteiger partial charge on any atom is -0.355 e. The highest BCUT2D eigenvalue weighted by Crippen LogP contribution is 2.21. The van der Waals surface area contributed by atoms with Gasteiger partial charge >= 0.3 is 0 Å². The van der Waals surface area contributed by atoms with Gasteiger partial charge in [0.1, 0.15) is 0 Å². The smallest absolute Gasteiger partial charge is 0.224 e. The quantitative estimate of drug-likeness (QED) is 0.889. The van der Waals surface area contributed by atoms with Crippen molar-refractivity contribution in [2.24, 2.45) is 0 Å². The summed E-state index contributed by atoms with van der Waals surface area (Å²) in [7, 11) is 0. The highest BCUT2D eigenvalue weighted by Gasteiger charge is 2.30. The van der Waals surface area contributed by atoms with Crippen LogP contribution in [0.4, 0.5) is 0 Å². The molecule has 0 saturated carbocycles. The second kappa shape index (κ2) is 8.29. The number of hydrogen-bond donors (Lipinski definition) is 1. The molecule has 2 saturated heterocycles. The number of benzene rings is 1.